The first kappa shape index (κ1) is 25.9. The van der Waals surface area contributed by atoms with Crippen LogP contribution in [0.1, 0.15) is 52.9 Å². The zero-order valence-electron chi connectivity index (χ0n) is 20.0. The largest absolute Gasteiger partial charge is 0.480 e. The number of benzene rings is 1. The van der Waals surface area contributed by atoms with Crippen LogP contribution >= 0.6 is 0 Å². The highest BCUT2D eigenvalue weighted by Gasteiger charge is 2.31. The van der Waals surface area contributed by atoms with Gasteiger partial charge in [-0.1, -0.05) is 12.1 Å². The minimum atomic E-state index is -4.58. The molecule has 1 fully saturated rings. The Labute approximate surface area is 208 Å². The van der Waals surface area contributed by atoms with E-state index in [0.717, 1.165) is 81.4 Å². The molecule has 2 atom stereocenters. The van der Waals surface area contributed by atoms with Gasteiger partial charge in [0.25, 0.3) is 5.91 Å². The molecule has 7 nitrogen and oxygen atoms in total. The summed E-state index contributed by atoms with van der Waals surface area (Å²) in [6, 6.07) is 7.04. The SMILES string of the molecule is O=C(NC(CCN1CC[C@@H](CCc2ccc3c(n2)NCCC3)C1)C(=O)O)c1cccc(C(F)(F)F)c1. The van der Waals surface area contributed by atoms with Gasteiger partial charge in [-0.3, -0.25) is 4.79 Å². The lowest BCUT2D eigenvalue weighted by Gasteiger charge is -2.20. The van der Waals surface area contributed by atoms with Crippen molar-refractivity contribution in [1.82, 2.24) is 15.2 Å². The number of pyridine rings is 1. The highest BCUT2D eigenvalue weighted by atomic mass is 19.4. The fourth-order valence-electron chi connectivity index (χ4n) is 4.86. The molecule has 0 spiro atoms. The average Bonchev–Trinajstić information content (AvgIpc) is 3.32. The predicted octanol–water partition coefficient (Wildman–Crippen LogP) is 3.99. The molecule has 2 aliphatic rings. The summed E-state index contributed by atoms with van der Waals surface area (Å²) in [6.07, 6.45) is 0.674. The number of carbonyl (C=O) groups excluding carboxylic acids is 1. The fourth-order valence-corrected chi connectivity index (χ4v) is 4.86. The molecule has 1 aromatic carbocycles. The van der Waals surface area contributed by atoms with Gasteiger partial charge >= 0.3 is 12.1 Å². The summed E-state index contributed by atoms with van der Waals surface area (Å²) in [5.41, 5.74) is 1.17. The molecule has 1 aromatic heterocycles. The monoisotopic (exact) mass is 504 g/mol. The van der Waals surface area contributed by atoms with E-state index < -0.39 is 29.7 Å². The Morgan fingerprint density at radius 2 is 2.08 bits per heavy atom. The number of carboxylic acid groups (broad SMARTS) is 1. The topological polar surface area (TPSA) is 94.6 Å². The van der Waals surface area contributed by atoms with E-state index in [1.807, 2.05) is 0 Å². The Morgan fingerprint density at radius 3 is 2.86 bits per heavy atom. The molecule has 0 bridgehead atoms. The van der Waals surface area contributed by atoms with E-state index in [9.17, 15) is 27.9 Å². The maximum absolute atomic E-state index is 12.9. The van der Waals surface area contributed by atoms with Crippen LogP contribution in [0.3, 0.4) is 0 Å². The molecule has 2 aliphatic heterocycles. The van der Waals surface area contributed by atoms with E-state index >= 15 is 0 Å². The van der Waals surface area contributed by atoms with Crippen LogP contribution in [-0.4, -0.2) is 59.1 Å². The second kappa shape index (κ2) is 11.3. The molecule has 3 heterocycles. The number of nitrogens with zero attached hydrogens (tertiary/aromatic N) is 2. The molecule has 1 unspecified atom stereocenters. The molecule has 3 N–H and O–H groups in total. The third-order valence-electron chi connectivity index (χ3n) is 6.92. The second-order valence-electron chi connectivity index (χ2n) is 9.57. The quantitative estimate of drug-likeness (QED) is 0.478. The van der Waals surface area contributed by atoms with Gasteiger partial charge < -0.3 is 20.6 Å². The number of carbonyl (C=O) groups is 2. The summed E-state index contributed by atoms with van der Waals surface area (Å²) in [4.78, 5) is 31.1. The molecule has 0 aliphatic carbocycles. The van der Waals surface area contributed by atoms with Gasteiger partial charge in [-0.05, 0) is 80.8 Å². The number of hydrogen-bond donors (Lipinski definition) is 3. The number of halogens is 3. The molecule has 4 rings (SSSR count). The Kier molecular flexibility index (Phi) is 8.13. The number of carboxylic acids is 1. The highest BCUT2D eigenvalue weighted by Crippen LogP contribution is 2.29. The number of amides is 1. The van der Waals surface area contributed by atoms with Crippen LogP contribution in [0.2, 0.25) is 0 Å². The van der Waals surface area contributed by atoms with Crippen LogP contribution in [-0.2, 0) is 23.8 Å². The van der Waals surface area contributed by atoms with Crippen molar-refractivity contribution in [2.75, 3.05) is 31.5 Å². The van der Waals surface area contributed by atoms with Crippen molar-refractivity contribution in [1.29, 1.82) is 0 Å². The normalized spacial score (nSPS) is 18.8. The van der Waals surface area contributed by atoms with E-state index in [1.54, 1.807) is 0 Å². The van der Waals surface area contributed by atoms with Crippen LogP contribution in [0, 0.1) is 5.92 Å². The first-order valence-corrected chi connectivity index (χ1v) is 12.3. The Hall–Kier alpha value is -3.14. The second-order valence-corrected chi connectivity index (χ2v) is 9.57. The van der Waals surface area contributed by atoms with Crippen molar-refractivity contribution in [2.45, 2.75) is 50.7 Å². The van der Waals surface area contributed by atoms with Crippen molar-refractivity contribution in [3.05, 3.63) is 58.8 Å². The molecule has 10 heteroatoms. The van der Waals surface area contributed by atoms with Crippen molar-refractivity contribution in [3.8, 4) is 0 Å². The van der Waals surface area contributed by atoms with E-state index in [0.29, 0.717) is 12.5 Å². The summed E-state index contributed by atoms with van der Waals surface area (Å²) in [5.74, 6) is -0.560. The molecule has 1 saturated heterocycles. The number of nitrogens with one attached hydrogen (secondary N) is 2. The number of likely N-dealkylation sites (tertiary alicyclic amines) is 1. The Morgan fingerprint density at radius 1 is 1.25 bits per heavy atom. The third-order valence-corrected chi connectivity index (χ3v) is 6.92. The number of anilines is 1. The van der Waals surface area contributed by atoms with Gasteiger partial charge in [0.2, 0.25) is 0 Å². The van der Waals surface area contributed by atoms with Crippen LogP contribution < -0.4 is 10.6 Å². The fraction of sp³-hybridized carbons (Fsp3) is 0.500. The van der Waals surface area contributed by atoms with E-state index in [2.05, 4.69) is 27.7 Å². The summed E-state index contributed by atoms with van der Waals surface area (Å²) in [6.45, 7) is 3.13. The number of alkyl halides is 3. The lowest BCUT2D eigenvalue weighted by molar-refractivity contribution is -0.139. The number of hydrogen-bond acceptors (Lipinski definition) is 5. The number of rotatable bonds is 9. The minimum Gasteiger partial charge on any atom is -0.480 e. The number of aromatic nitrogens is 1. The van der Waals surface area contributed by atoms with Crippen LogP contribution in [0.5, 0.6) is 0 Å². The van der Waals surface area contributed by atoms with Gasteiger partial charge in [-0.2, -0.15) is 13.2 Å². The Balaban J connectivity index is 1.24. The van der Waals surface area contributed by atoms with Gasteiger partial charge in [0, 0.05) is 30.9 Å². The van der Waals surface area contributed by atoms with Gasteiger partial charge in [0.1, 0.15) is 11.9 Å². The maximum atomic E-state index is 12.9. The van der Waals surface area contributed by atoms with E-state index in [4.69, 9.17) is 4.98 Å². The van der Waals surface area contributed by atoms with Crippen LogP contribution in [0.4, 0.5) is 19.0 Å². The molecule has 0 radical (unpaired) electrons. The minimum absolute atomic E-state index is 0.171. The molecular weight excluding hydrogens is 473 g/mol. The van der Waals surface area contributed by atoms with Crippen molar-refractivity contribution in [3.63, 3.8) is 0 Å². The zero-order valence-corrected chi connectivity index (χ0v) is 20.0. The maximum Gasteiger partial charge on any atom is 0.416 e. The molecule has 194 valence electrons. The van der Waals surface area contributed by atoms with Gasteiger partial charge in [0.15, 0.2) is 0 Å². The number of aryl methyl sites for hydroxylation is 2. The highest BCUT2D eigenvalue weighted by molar-refractivity contribution is 5.96. The molecule has 0 saturated carbocycles. The predicted molar refractivity (Wildman–Crippen MR) is 129 cm³/mol. The van der Waals surface area contributed by atoms with E-state index in [-0.39, 0.29) is 12.0 Å². The molecule has 1 amide bonds. The lowest BCUT2D eigenvalue weighted by Crippen LogP contribution is -2.43. The molecule has 36 heavy (non-hydrogen) atoms. The van der Waals surface area contributed by atoms with Crippen LogP contribution in [0.15, 0.2) is 36.4 Å². The first-order chi connectivity index (χ1) is 17.2. The van der Waals surface area contributed by atoms with Gasteiger partial charge in [-0.25, -0.2) is 9.78 Å². The Bertz CT molecular complexity index is 1090. The van der Waals surface area contributed by atoms with Crippen molar-refractivity contribution in [2.24, 2.45) is 5.92 Å². The molecular formula is C26H31F3N4O3. The lowest BCUT2D eigenvalue weighted by atomic mass is 10.00. The summed E-state index contributed by atoms with van der Waals surface area (Å²) in [5, 5.41) is 15.3. The van der Waals surface area contributed by atoms with E-state index in [1.165, 1.54) is 11.6 Å². The smallest absolute Gasteiger partial charge is 0.416 e. The summed E-state index contributed by atoms with van der Waals surface area (Å²) >= 11 is 0. The average molecular weight is 505 g/mol. The molecule has 2 aromatic rings. The first-order valence-electron chi connectivity index (χ1n) is 12.3. The van der Waals surface area contributed by atoms with Gasteiger partial charge in [0.05, 0.1) is 5.56 Å². The number of fused-ring (bicyclic) bond motifs is 1. The summed E-state index contributed by atoms with van der Waals surface area (Å²) in [7, 11) is 0. The number of aliphatic carboxylic acids is 1. The van der Waals surface area contributed by atoms with Crippen molar-refractivity contribution < 1.29 is 27.9 Å². The van der Waals surface area contributed by atoms with Crippen molar-refractivity contribution >= 4 is 17.7 Å². The zero-order chi connectivity index (χ0) is 25.7. The van der Waals surface area contributed by atoms with Gasteiger partial charge in [-0.15, -0.1) is 0 Å². The van der Waals surface area contributed by atoms with Crippen LogP contribution in [0.25, 0.3) is 0 Å². The summed E-state index contributed by atoms with van der Waals surface area (Å²) < 4.78 is 38.8. The third kappa shape index (κ3) is 6.75. The standard InChI is InChI=1S/C26H31F3N4O3/c27-26(28,29)20-5-1-3-19(15-20)24(34)32-22(25(35)36)11-14-33-13-10-17(16-33)6-8-21-9-7-18-4-2-12-30-23(18)31-21/h1,3,5,7,9,15,17,22H,2,4,6,8,10-14,16H2,(H,30,31)(H,32,34)(H,35,36)/t17-,22?/m1/s1.